The highest BCUT2D eigenvalue weighted by Gasteiger charge is 2.27. The lowest BCUT2D eigenvalue weighted by molar-refractivity contribution is 0.0500. The van der Waals surface area contributed by atoms with Gasteiger partial charge in [0.05, 0.1) is 6.04 Å². The zero-order chi connectivity index (χ0) is 31.7. The number of alkyl carbamates (subject to hydrolysis) is 1. The molecule has 1 atom stereocenters. The van der Waals surface area contributed by atoms with Gasteiger partial charge in [-0.25, -0.2) is 4.79 Å². The molecule has 7 rings (SSSR count). The maximum atomic E-state index is 13.2. The normalized spacial score (nSPS) is 12.7. The number of H-pyrrole nitrogens is 3. The number of carbonyl (C=O) groups excluding carboxylic acids is 1. The number of hydrogen-bond donors (Lipinski definition) is 4. The van der Waals surface area contributed by atoms with Gasteiger partial charge in [0, 0.05) is 70.7 Å². The van der Waals surface area contributed by atoms with Crippen LogP contribution in [0.3, 0.4) is 0 Å². The topological polar surface area (TPSA) is 116 Å². The van der Waals surface area contributed by atoms with E-state index in [1.807, 2.05) is 51.2 Å². The van der Waals surface area contributed by atoms with Crippen LogP contribution < -0.4 is 5.32 Å². The summed E-state index contributed by atoms with van der Waals surface area (Å²) in [5.41, 5.74) is 6.21. The maximum Gasteiger partial charge on any atom is 0.408 e. The van der Waals surface area contributed by atoms with Gasteiger partial charge in [-0.05, 0) is 68.5 Å². The van der Waals surface area contributed by atoms with Crippen LogP contribution in [-0.2, 0) is 37.0 Å². The van der Waals surface area contributed by atoms with Crippen molar-refractivity contribution in [3.8, 4) is 0 Å². The van der Waals surface area contributed by atoms with Crippen molar-refractivity contribution < 1.29 is 9.53 Å². The molecule has 4 N–H and O–H groups in total. The van der Waals surface area contributed by atoms with Crippen LogP contribution in [0.2, 0.25) is 0 Å². The molecule has 0 fully saturated rings. The van der Waals surface area contributed by atoms with E-state index in [1.54, 1.807) is 0 Å². The van der Waals surface area contributed by atoms with Gasteiger partial charge >= 0.3 is 6.09 Å². The number of rotatable bonds is 10. The first-order chi connectivity index (χ1) is 22.3. The van der Waals surface area contributed by atoms with Crippen molar-refractivity contribution in [1.82, 2.24) is 35.0 Å². The number of carbonyl (C=O) groups is 1. The molecule has 0 saturated carbocycles. The fraction of sp³-hybridized carbons (Fsp3) is 0.270. The standard InChI is InChI=1S/C37H39N7O2/c1-37(2,3)46-36(45)41-33(20-26-23-40-32-15-9-6-12-29(26)32)35-43-42-34(17-16-24-21-38-30-13-7-4-10-27(24)30)44(35)19-18-25-22-39-31-14-8-5-11-28(25)31/h4-15,21-23,33,38-40H,16-20H2,1-3H3,(H,41,45)/t33-/m1/s1. The minimum Gasteiger partial charge on any atom is -0.444 e. The Morgan fingerprint density at radius 2 is 1.26 bits per heavy atom. The molecular formula is C37H39N7O2. The molecule has 3 aromatic carbocycles. The average Bonchev–Trinajstić information content (AvgIpc) is 3.83. The predicted molar refractivity (Wildman–Crippen MR) is 182 cm³/mol. The van der Waals surface area contributed by atoms with Crippen molar-refractivity contribution in [3.63, 3.8) is 0 Å². The van der Waals surface area contributed by atoms with Crippen molar-refractivity contribution in [1.29, 1.82) is 0 Å². The van der Waals surface area contributed by atoms with Crippen LogP contribution in [0.5, 0.6) is 0 Å². The molecule has 0 bridgehead atoms. The first-order valence-corrected chi connectivity index (χ1v) is 15.9. The highest BCUT2D eigenvalue weighted by atomic mass is 16.6. The largest absolute Gasteiger partial charge is 0.444 e. The number of aromatic nitrogens is 6. The number of hydrogen-bond acceptors (Lipinski definition) is 4. The van der Waals surface area contributed by atoms with E-state index in [1.165, 1.54) is 21.9 Å². The van der Waals surface area contributed by atoms with E-state index in [9.17, 15) is 4.79 Å². The van der Waals surface area contributed by atoms with Crippen LogP contribution in [0.1, 0.15) is 55.2 Å². The molecule has 0 aliphatic rings. The highest BCUT2D eigenvalue weighted by molar-refractivity contribution is 5.84. The highest BCUT2D eigenvalue weighted by Crippen LogP contribution is 2.27. The lowest BCUT2D eigenvalue weighted by atomic mass is 10.0. The first-order valence-electron chi connectivity index (χ1n) is 15.9. The van der Waals surface area contributed by atoms with Crippen molar-refractivity contribution >= 4 is 38.8 Å². The van der Waals surface area contributed by atoms with E-state index in [4.69, 9.17) is 14.9 Å². The van der Waals surface area contributed by atoms with Gasteiger partial charge in [0.1, 0.15) is 11.4 Å². The third kappa shape index (κ3) is 6.13. The van der Waals surface area contributed by atoms with Gasteiger partial charge in [0.25, 0.3) is 0 Å². The van der Waals surface area contributed by atoms with Gasteiger partial charge < -0.3 is 29.6 Å². The second-order valence-corrected chi connectivity index (χ2v) is 12.9. The Kier molecular flexibility index (Phi) is 7.82. The SMILES string of the molecule is CC(C)(C)OC(=O)N[C@H](Cc1c[nH]c2ccccc12)c1nnc(CCc2c[nH]c3ccccc23)n1CCc1c[nH]c2ccccc12. The molecule has 9 nitrogen and oxygen atoms in total. The van der Waals surface area contributed by atoms with Gasteiger partial charge in [0.2, 0.25) is 0 Å². The molecule has 4 aromatic heterocycles. The predicted octanol–water partition coefficient (Wildman–Crippen LogP) is 7.56. The van der Waals surface area contributed by atoms with Crippen LogP contribution in [0, 0.1) is 0 Å². The number of fused-ring (bicyclic) bond motifs is 3. The molecule has 46 heavy (non-hydrogen) atoms. The molecule has 4 heterocycles. The van der Waals surface area contributed by atoms with E-state index in [-0.39, 0.29) is 0 Å². The molecule has 0 unspecified atom stereocenters. The van der Waals surface area contributed by atoms with E-state index in [0.29, 0.717) is 25.2 Å². The maximum absolute atomic E-state index is 13.2. The number of para-hydroxylation sites is 3. The summed E-state index contributed by atoms with van der Waals surface area (Å²) in [6.07, 6.45) is 8.52. The smallest absolute Gasteiger partial charge is 0.408 e. The second-order valence-electron chi connectivity index (χ2n) is 12.9. The Balaban J connectivity index is 1.24. The van der Waals surface area contributed by atoms with Gasteiger partial charge in [-0.3, -0.25) is 0 Å². The Bertz CT molecular complexity index is 2120. The summed E-state index contributed by atoms with van der Waals surface area (Å²) in [6.45, 7) is 6.27. The molecule has 7 aromatic rings. The third-order valence-electron chi connectivity index (χ3n) is 8.53. The second kappa shape index (κ2) is 12.2. The van der Waals surface area contributed by atoms with Crippen molar-refractivity contribution in [3.05, 3.63) is 120 Å². The third-order valence-corrected chi connectivity index (χ3v) is 8.53. The van der Waals surface area contributed by atoms with Crippen LogP contribution in [0.4, 0.5) is 4.79 Å². The number of ether oxygens (including phenoxy) is 1. The number of aromatic amines is 3. The van der Waals surface area contributed by atoms with E-state index in [0.717, 1.165) is 46.2 Å². The van der Waals surface area contributed by atoms with Gasteiger partial charge in [-0.1, -0.05) is 54.6 Å². The molecule has 9 heteroatoms. The van der Waals surface area contributed by atoms with Crippen molar-refractivity contribution in [2.24, 2.45) is 0 Å². The minimum absolute atomic E-state index is 0.466. The lowest BCUT2D eigenvalue weighted by Gasteiger charge is -2.24. The Morgan fingerprint density at radius 3 is 1.85 bits per heavy atom. The minimum atomic E-state index is -0.636. The Labute approximate surface area is 267 Å². The number of nitrogens with one attached hydrogen (secondary N) is 4. The zero-order valence-corrected chi connectivity index (χ0v) is 26.4. The fourth-order valence-corrected chi connectivity index (χ4v) is 6.37. The summed E-state index contributed by atoms with van der Waals surface area (Å²) in [6, 6.07) is 24.4. The number of aryl methyl sites for hydroxylation is 3. The van der Waals surface area contributed by atoms with Crippen molar-refractivity contribution in [2.45, 2.75) is 64.6 Å². The molecule has 1 amide bonds. The van der Waals surface area contributed by atoms with Crippen LogP contribution in [-0.4, -0.2) is 41.4 Å². The Morgan fingerprint density at radius 1 is 0.739 bits per heavy atom. The zero-order valence-electron chi connectivity index (χ0n) is 26.4. The van der Waals surface area contributed by atoms with Crippen LogP contribution in [0.15, 0.2) is 91.4 Å². The monoisotopic (exact) mass is 613 g/mol. The van der Waals surface area contributed by atoms with Gasteiger partial charge in [0.15, 0.2) is 5.82 Å². The number of nitrogens with zero attached hydrogens (tertiary/aromatic N) is 3. The van der Waals surface area contributed by atoms with Gasteiger partial charge in [-0.15, -0.1) is 10.2 Å². The van der Waals surface area contributed by atoms with Crippen LogP contribution >= 0.6 is 0 Å². The number of amides is 1. The Hall–Kier alpha value is -5.31. The summed E-state index contributed by atoms with van der Waals surface area (Å²) in [5.74, 6) is 1.60. The number of benzene rings is 3. The quantitative estimate of drug-likeness (QED) is 0.127. The molecule has 0 spiro atoms. The molecule has 0 aliphatic heterocycles. The van der Waals surface area contributed by atoms with E-state index < -0.39 is 17.7 Å². The lowest BCUT2D eigenvalue weighted by Crippen LogP contribution is -2.37. The molecule has 0 aliphatic carbocycles. The van der Waals surface area contributed by atoms with E-state index in [2.05, 4.69) is 85.8 Å². The summed E-state index contributed by atoms with van der Waals surface area (Å²) in [7, 11) is 0. The molecule has 0 radical (unpaired) electrons. The molecular weight excluding hydrogens is 574 g/mol. The first kappa shape index (κ1) is 29.4. The van der Waals surface area contributed by atoms with Gasteiger partial charge in [-0.2, -0.15) is 0 Å². The summed E-state index contributed by atoms with van der Waals surface area (Å²) in [5, 5.41) is 16.2. The van der Waals surface area contributed by atoms with Crippen LogP contribution in [0.25, 0.3) is 32.7 Å². The summed E-state index contributed by atoms with van der Waals surface area (Å²) < 4.78 is 7.93. The fourth-order valence-electron chi connectivity index (χ4n) is 6.37. The van der Waals surface area contributed by atoms with E-state index >= 15 is 0 Å². The van der Waals surface area contributed by atoms with Crippen molar-refractivity contribution in [2.75, 3.05) is 0 Å². The average molecular weight is 614 g/mol. The molecule has 234 valence electrons. The summed E-state index contributed by atoms with van der Waals surface area (Å²) in [4.78, 5) is 23.4. The summed E-state index contributed by atoms with van der Waals surface area (Å²) >= 11 is 0. The molecule has 0 saturated heterocycles.